The minimum absolute atomic E-state index is 0.00605. The van der Waals surface area contributed by atoms with Crippen molar-refractivity contribution in [1.29, 1.82) is 0 Å². The molecule has 1 aromatic carbocycles. The van der Waals surface area contributed by atoms with Crippen LogP contribution in [0.1, 0.15) is 32.3 Å². The van der Waals surface area contributed by atoms with Crippen molar-refractivity contribution in [3.8, 4) is 0 Å². The predicted molar refractivity (Wildman–Crippen MR) is 95.8 cm³/mol. The van der Waals surface area contributed by atoms with E-state index in [1.807, 2.05) is 6.07 Å². The molecule has 0 fully saturated rings. The summed E-state index contributed by atoms with van der Waals surface area (Å²) in [6.45, 7) is 6.25. The zero-order chi connectivity index (χ0) is 17.4. The minimum atomic E-state index is -0.370. The third-order valence-corrected chi connectivity index (χ3v) is 3.68. The maximum atomic E-state index is 13.6. The number of anilines is 2. The fourth-order valence-electron chi connectivity index (χ4n) is 2.56. The Balaban J connectivity index is 1.98. The van der Waals surface area contributed by atoms with Crippen LogP contribution in [-0.2, 0) is 11.2 Å². The van der Waals surface area contributed by atoms with E-state index in [-0.39, 0.29) is 18.1 Å². The van der Waals surface area contributed by atoms with Crippen LogP contribution in [0.5, 0.6) is 0 Å². The monoisotopic (exact) mass is 329 g/mol. The number of amides is 1. The second-order valence-corrected chi connectivity index (χ2v) is 5.71. The van der Waals surface area contributed by atoms with E-state index < -0.39 is 0 Å². The van der Waals surface area contributed by atoms with Crippen LogP contribution in [-0.4, -0.2) is 24.0 Å². The Labute approximate surface area is 142 Å². The molecule has 1 heterocycles. The first-order valence-electron chi connectivity index (χ1n) is 8.38. The number of benzene rings is 1. The van der Waals surface area contributed by atoms with Crippen LogP contribution in [0, 0.1) is 5.82 Å². The van der Waals surface area contributed by atoms with Crippen LogP contribution in [0.15, 0.2) is 42.6 Å². The lowest BCUT2D eigenvalue weighted by Gasteiger charge is -2.23. The number of hydrogen-bond donors (Lipinski definition) is 1. The van der Waals surface area contributed by atoms with Crippen LogP contribution in [0.25, 0.3) is 0 Å². The molecule has 0 saturated heterocycles. The molecule has 2 rings (SSSR count). The second-order valence-electron chi connectivity index (χ2n) is 5.71. The standard InChI is InChI=1S/C19H24FN3O/c1-3-11-23(12-4-2)16-9-10-18(21-14-16)22-19(24)13-15-7-5-6-8-17(15)20/h5-10,14H,3-4,11-13H2,1-2H3,(H,21,22,24). The van der Waals surface area contributed by atoms with E-state index in [0.717, 1.165) is 31.6 Å². The third-order valence-electron chi connectivity index (χ3n) is 3.68. The molecule has 2 aromatic rings. The Morgan fingerprint density at radius 2 is 1.83 bits per heavy atom. The maximum Gasteiger partial charge on any atom is 0.230 e. The van der Waals surface area contributed by atoms with Gasteiger partial charge in [0, 0.05) is 13.1 Å². The van der Waals surface area contributed by atoms with Crippen molar-refractivity contribution in [2.45, 2.75) is 33.1 Å². The Morgan fingerprint density at radius 3 is 2.42 bits per heavy atom. The first-order chi connectivity index (χ1) is 11.6. The van der Waals surface area contributed by atoms with Gasteiger partial charge in [-0.15, -0.1) is 0 Å². The molecule has 5 heteroatoms. The topological polar surface area (TPSA) is 45.2 Å². The zero-order valence-corrected chi connectivity index (χ0v) is 14.3. The number of carbonyl (C=O) groups is 1. The molecule has 0 aliphatic rings. The summed E-state index contributed by atoms with van der Waals surface area (Å²) in [4.78, 5) is 18.6. The van der Waals surface area contributed by atoms with Crippen LogP contribution in [0.4, 0.5) is 15.9 Å². The third kappa shape index (κ3) is 5.05. The Morgan fingerprint density at radius 1 is 1.12 bits per heavy atom. The molecular formula is C19H24FN3O. The lowest BCUT2D eigenvalue weighted by atomic mass is 10.1. The number of nitrogens with zero attached hydrogens (tertiary/aromatic N) is 2. The Hall–Kier alpha value is -2.43. The van der Waals surface area contributed by atoms with Gasteiger partial charge < -0.3 is 10.2 Å². The van der Waals surface area contributed by atoms with Crippen molar-refractivity contribution in [2.24, 2.45) is 0 Å². The van der Waals surface area contributed by atoms with Gasteiger partial charge in [-0.2, -0.15) is 0 Å². The summed E-state index contributed by atoms with van der Waals surface area (Å²) in [5.41, 5.74) is 1.43. The highest BCUT2D eigenvalue weighted by molar-refractivity contribution is 5.91. The van der Waals surface area contributed by atoms with Crippen molar-refractivity contribution in [3.05, 3.63) is 54.0 Å². The number of pyridine rings is 1. The average molecular weight is 329 g/mol. The van der Waals surface area contributed by atoms with Gasteiger partial charge in [0.2, 0.25) is 5.91 Å². The molecule has 0 radical (unpaired) electrons. The van der Waals surface area contributed by atoms with Gasteiger partial charge in [-0.25, -0.2) is 9.37 Å². The fraction of sp³-hybridized carbons (Fsp3) is 0.368. The van der Waals surface area contributed by atoms with Gasteiger partial charge in [0.05, 0.1) is 18.3 Å². The molecule has 24 heavy (non-hydrogen) atoms. The van der Waals surface area contributed by atoms with Crippen LogP contribution in [0.3, 0.4) is 0 Å². The minimum Gasteiger partial charge on any atom is -0.370 e. The Bertz CT molecular complexity index is 652. The van der Waals surface area contributed by atoms with Crippen molar-refractivity contribution in [3.63, 3.8) is 0 Å². The molecule has 0 aliphatic heterocycles. The summed E-state index contributed by atoms with van der Waals surface area (Å²) < 4.78 is 13.6. The first-order valence-corrected chi connectivity index (χ1v) is 8.38. The molecule has 0 bridgehead atoms. The van der Waals surface area contributed by atoms with E-state index in [1.165, 1.54) is 6.07 Å². The van der Waals surface area contributed by atoms with Crippen molar-refractivity contribution in [1.82, 2.24) is 4.98 Å². The number of carbonyl (C=O) groups excluding carboxylic acids is 1. The smallest absolute Gasteiger partial charge is 0.230 e. The van der Waals surface area contributed by atoms with Gasteiger partial charge in [-0.05, 0) is 36.6 Å². The number of hydrogen-bond acceptors (Lipinski definition) is 3. The highest BCUT2D eigenvalue weighted by atomic mass is 19.1. The van der Waals surface area contributed by atoms with E-state index >= 15 is 0 Å². The molecule has 1 N–H and O–H groups in total. The number of rotatable bonds is 8. The van der Waals surface area contributed by atoms with Gasteiger partial charge in [-0.3, -0.25) is 4.79 Å². The van der Waals surface area contributed by atoms with Crippen LogP contribution >= 0.6 is 0 Å². The number of aromatic nitrogens is 1. The maximum absolute atomic E-state index is 13.6. The van der Waals surface area contributed by atoms with E-state index in [4.69, 9.17) is 0 Å². The summed E-state index contributed by atoms with van der Waals surface area (Å²) in [5.74, 6) is -0.168. The quantitative estimate of drug-likeness (QED) is 0.795. The molecule has 4 nitrogen and oxygen atoms in total. The van der Waals surface area contributed by atoms with Crippen LogP contribution in [0.2, 0.25) is 0 Å². The molecule has 0 aliphatic carbocycles. The highest BCUT2D eigenvalue weighted by Gasteiger charge is 2.09. The second kappa shape index (κ2) is 9.01. The predicted octanol–water partition coefficient (Wildman–Crippen LogP) is 4.03. The van der Waals surface area contributed by atoms with Crippen LogP contribution < -0.4 is 10.2 Å². The summed E-state index contributed by atoms with van der Waals surface area (Å²) in [5, 5.41) is 2.71. The molecule has 0 spiro atoms. The molecule has 128 valence electrons. The van der Waals surface area contributed by atoms with Gasteiger partial charge >= 0.3 is 0 Å². The average Bonchev–Trinajstić information content (AvgIpc) is 2.57. The molecule has 1 amide bonds. The fourth-order valence-corrected chi connectivity index (χ4v) is 2.56. The van der Waals surface area contributed by atoms with Gasteiger partial charge in [0.25, 0.3) is 0 Å². The van der Waals surface area contributed by atoms with Crippen molar-refractivity contribution in [2.75, 3.05) is 23.3 Å². The number of nitrogens with one attached hydrogen (secondary N) is 1. The lowest BCUT2D eigenvalue weighted by Crippen LogP contribution is -2.25. The summed E-state index contributed by atoms with van der Waals surface area (Å²) >= 11 is 0. The molecule has 0 atom stereocenters. The molecule has 0 saturated carbocycles. The van der Waals surface area contributed by atoms with E-state index in [2.05, 4.69) is 29.0 Å². The first kappa shape index (κ1) is 17.9. The van der Waals surface area contributed by atoms with E-state index in [9.17, 15) is 9.18 Å². The summed E-state index contributed by atoms with van der Waals surface area (Å²) in [7, 11) is 0. The normalized spacial score (nSPS) is 10.5. The van der Waals surface area contributed by atoms with E-state index in [0.29, 0.717) is 11.4 Å². The summed E-state index contributed by atoms with van der Waals surface area (Å²) in [6, 6.07) is 10.0. The molecular weight excluding hydrogens is 305 g/mol. The highest BCUT2D eigenvalue weighted by Crippen LogP contribution is 2.16. The molecule has 1 aromatic heterocycles. The van der Waals surface area contributed by atoms with Crippen molar-refractivity contribution < 1.29 is 9.18 Å². The van der Waals surface area contributed by atoms with Gasteiger partial charge in [0.1, 0.15) is 11.6 Å². The molecule has 0 unspecified atom stereocenters. The Kier molecular flexibility index (Phi) is 6.73. The van der Waals surface area contributed by atoms with E-state index in [1.54, 1.807) is 30.5 Å². The lowest BCUT2D eigenvalue weighted by molar-refractivity contribution is -0.115. The van der Waals surface area contributed by atoms with Crippen molar-refractivity contribution >= 4 is 17.4 Å². The SMILES string of the molecule is CCCN(CCC)c1ccc(NC(=O)Cc2ccccc2F)nc1. The summed E-state index contributed by atoms with van der Waals surface area (Å²) in [6.07, 6.45) is 3.90. The largest absolute Gasteiger partial charge is 0.370 e. The van der Waals surface area contributed by atoms with Gasteiger partial charge in [0.15, 0.2) is 0 Å². The zero-order valence-electron chi connectivity index (χ0n) is 14.3. The van der Waals surface area contributed by atoms with Gasteiger partial charge in [-0.1, -0.05) is 32.0 Å². The number of halogens is 1.